The van der Waals surface area contributed by atoms with E-state index >= 15 is 0 Å². The van der Waals surface area contributed by atoms with Crippen molar-refractivity contribution in [3.63, 3.8) is 0 Å². The van der Waals surface area contributed by atoms with Crippen LogP contribution in [-0.2, 0) is 4.79 Å². The molecule has 0 aromatic heterocycles. The Labute approximate surface area is 162 Å². The largest absolute Gasteiger partial charge is 0.352 e. The smallest absolute Gasteiger partial charge is 0.220 e. The van der Waals surface area contributed by atoms with Crippen LogP contribution in [0.2, 0.25) is 0 Å². The molecule has 154 valence electrons. The minimum absolute atomic E-state index is 0.0457. The molecule has 0 spiro atoms. The molecule has 26 heavy (non-hydrogen) atoms. The number of rotatable bonds is 18. The number of hydrogen-bond acceptors (Lipinski definition) is 3. The second-order valence-electron chi connectivity index (χ2n) is 7.59. The predicted molar refractivity (Wildman–Crippen MR) is 114 cm³/mol. The Morgan fingerprint density at radius 3 is 1.92 bits per heavy atom. The van der Waals surface area contributed by atoms with Gasteiger partial charge in [0, 0.05) is 25.0 Å². The Morgan fingerprint density at radius 2 is 1.38 bits per heavy atom. The molecule has 2 atom stereocenters. The van der Waals surface area contributed by atoms with Gasteiger partial charge in [-0.2, -0.15) is 0 Å². The number of unbranched alkanes of at least 4 members (excludes halogenated alkanes) is 11. The minimum atomic E-state index is -0.159. The monoisotopic (exact) mass is 367 g/mol. The summed E-state index contributed by atoms with van der Waals surface area (Å²) in [5, 5.41) is 2.93. The number of carbonyl (C=O) groups is 1. The molecule has 1 amide bonds. The van der Waals surface area contributed by atoms with Crippen molar-refractivity contribution in [2.45, 2.75) is 116 Å². The molecule has 4 nitrogen and oxygen atoms in total. The maximum atomic E-state index is 11.8. The van der Waals surface area contributed by atoms with E-state index in [1.165, 1.54) is 70.6 Å². The van der Waals surface area contributed by atoms with Crippen LogP contribution >= 0.6 is 0 Å². The standard InChI is InChI=1S/C22H45N3O/c1-3-4-5-6-7-8-9-10-11-12-13-14-15-16-17-18-22(26)25-20(2)21(24)19-23/h10-11,20-21H,3-9,12-19,23-24H2,1-2H3,(H,25,26). The number of nitrogens with one attached hydrogen (secondary N) is 1. The summed E-state index contributed by atoms with van der Waals surface area (Å²) >= 11 is 0. The number of allylic oxidation sites excluding steroid dienone is 2. The highest BCUT2D eigenvalue weighted by Gasteiger charge is 2.13. The summed E-state index contributed by atoms with van der Waals surface area (Å²) in [6.45, 7) is 4.57. The van der Waals surface area contributed by atoms with E-state index in [4.69, 9.17) is 11.5 Å². The van der Waals surface area contributed by atoms with Crippen molar-refractivity contribution in [1.29, 1.82) is 0 Å². The van der Waals surface area contributed by atoms with Crippen LogP contribution in [-0.4, -0.2) is 24.5 Å². The molecule has 5 N–H and O–H groups in total. The van der Waals surface area contributed by atoms with E-state index in [0.29, 0.717) is 13.0 Å². The van der Waals surface area contributed by atoms with Gasteiger partial charge in [-0.3, -0.25) is 4.79 Å². The molecule has 0 rings (SSSR count). The van der Waals surface area contributed by atoms with E-state index in [1.54, 1.807) is 0 Å². The first kappa shape index (κ1) is 25.1. The van der Waals surface area contributed by atoms with Crippen LogP contribution in [0.25, 0.3) is 0 Å². The fourth-order valence-electron chi connectivity index (χ4n) is 2.99. The highest BCUT2D eigenvalue weighted by atomic mass is 16.1. The highest BCUT2D eigenvalue weighted by molar-refractivity contribution is 5.76. The quantitative estimate of drug-likeness (QED) is 0.240. The third-order valence-corrected chi connectivity index (χ3v) is 4.97. The zero-order valence-electron chi connectivity index (χ0n) is 17.5. The zero-order valence-corrected chi connectivity index (χ0v) is 17.5. The van der Waals surface area contributed by atoms with Gasteiger partial charge in [-0.15, -0.1) is 0 Å². The molecular formula is C22H45N3O. The lowest BCUT2D eigenvalue weighted by molar-refractivity contribution is -0.121. The lowest BCUT2D eigenvalue weighted by Gasteiger charge is -2.19. The van der Waals surface area contributed by atoms with Gasteiger partial charge in [0.2, 0.25) is 5.91 Å². The first-order valence-electron chi connectivity index (χ1n) is 11.0. The molecule has 4 heteroatoms. The summed E-state index contributed by atoms with van der Waals surface area (Å²) in [7, 11) is 0. The summed E-state index contributed by atoms with van der Waals surface area (Å²) in [6.07, 6.45) is 21.8. The van der Waals surface area contributed by atoms with Crippen LogP contribution in [0, 0.1) is 0 Å². The van der Waals surface area contributed by atoms with Gasteiger partial charge in [-0.05, 0) is 39.0 Å². The van der Waals surface area contributed by atoms with Crippen molar-refractivity contribution in [1.82, 2.24) is 5.32 Å². The van der Waals surface area contributed by atoms with Crippen LogP contribution < -0.4 is 16.8 Å². The van der Waals surface area contributed by atoms with E-state index in [9.17, 15) is 4.79 Å². The first-order valence-corrected chi connectivity index (χ1v) is 11.0. The molecule has 0 aliphatic rings. The molecule has 0 aromatic carbocycles. The average molecular weight is 368 g/mol. The Hall–Kier alpha value is -0.870. The Balaban J connectivity index is 3.33. The minimum Gasteiger partial charge on any atom is -0.352 e. The van der Waals surface area contributed by atoms with Crippen molar-refractivity contribution < 1.29 is 4.79 Å². The Kier molecular flexibility index (Phi) is 18.3. The fourth-order valence-corrected chi connectivity index (χ4v) is 2.99. The van der Waals surface area contributed by atoms with Crippen LogP contribution in [0.3, 0.4) is 0 Å². The van der Waals surface area contributed by atoms with Gasteiger partial charge in [0.25, 0.3) is 0 Å². The molecule has 0 aromatic rings. The maximum absolute atomic E-state index is 11.8. The summed E-state index contributed by atoms with van der Waals surface area (Å²) < 4.78 is 0. The predicted octanol–water partition coefficient (Wildman–Crippen LogP) is 4.81. The van der Waals surface area contributed by atoms with Gasteiger partial charge < -0.3 is 16.8 Å². The topological polar surface area (TPSA) is 81.1 Å². The molecule has 0 heterocycles. The van der Waals surface area contributed by atoms with Crippen molar-refractivity contribution in [3.05, 3.63) is 12.2 Å². The van der Waals surface area contributed by atoms with Gasteiger partial charge in [0.05, 0.1) is 0 Å². The molecule has 0 saturated carbocycles. The Morgan fingerprint density at radius 1 is 0.885 bits per heavy atom. The lowest BCUT2D eigenvalue weighted by atomic mass is 10.1. The Bertz CT molecular complexity index is 344. The molecule has 0 aliphatic heterocycles. The van der Waals surface area contributed by atoms with Gasteiger partial charge in [-0.25, -0.2) is 0 Å². The second kappa shape index (κ2) is 18.9. The van der Waals surface area contributed by atoms with Crippen molar-refractivity contribution >= 4 is 5.91 Å². The fraction of sp³-hybridized carbons (Fsp3) is 0.864. The summed E-state index contributed by atoms with van der Waals surface area (Å²) in [6, 6.07) is -0.205. The van der Waals surface area contributed by atoms with E-state index in [1.807, 2.05) is 6.92 Å². The van der Waals surface area contributed by atoms with Gasteiger partial charge >= 0.3 is 0 Å². The van der Waals surface area contributed by atoms with Gasteiger partial charge in [0.1, 0.15) is 0 Å². The van der Waals surface area contributed by atoms with E-state index in [-0.39, 0.29) is 18.0 Å². The summed E-state index contributed by atoms with van der Waals surface area (Å²) in [4.78, 5) is 11.8. The van der Waals surface area contributed by atoms with Crippen LogP contribution in [0.4, 0.5) is 0 Å². The molecule has 0 saturated heterocycles. The van der Waals surface area contributed by atoms with Crippen molar-refractivity contribution in [3.8, 4) is 0 Å². The van der Waals surface area contributed by atoms with Gasteiger partial charge in [0.15, 0.2) is 0 Å². The maximum Gasteiger partial charge on any atom is 0.220 e. The van der Waals surface area contributed by atoms with Gasteiger partial charge in [-0.1, -0.05) is 70.4 Å². The number of carbonyl (C=O) groups excluding carboxylic acids is 1. The number of amides is 1. The SMILES string of the molecule is CCCCCCCCC=CCCCCCCCC(=O)NC(C)C(N)CN. The molecule has 2 unspecified atom stereocenters. The second-order valence-corrected chi connectivity index (χ2v) is 7.59. The van der Waals surface area contributed by atoms with Crippen molar-refractivity contribution in [2.24, 2.45) is 11.5 Å². The number of nitrogens with two attached hydrogens (primary N) is 2. The average Bonchev–Trinajstić information content (AvgIpc) is 2.64. The molecule has 0 aliphatic carbocycles. The first-order chi connectivity index (χ1) is 12.6. The zero-order chi connectivity index (χ0) is 19.5. The normalized spacial score (nSPS) is 13.8. The molecule has 0 fully saturated rings. The number of hydrogen-bond donors (Lipinski definition) is 3. The van der Waals surface area contributed by atoms with E-state index < -0.39 is 0 Å². The van der Waals surface area contributed by atoms with Crippen LogP contribution in [0.1, 0.15) is 104 Å². The highest BCUT2D eigenvalue weighted by Crippen LogP contribution is 2.10. The van der Waals surface area contributed by atoms with Crippen LogP contribution in [0.5, 0.6) is 0 Å². The summed E-state index contributed by atoms with van der Waals surface area (Å²) in [5.41, 5.74) is 11.3. The lowest BCUT2D eigenvalue weighted by Crippen LogP contribution is -2.49. The van der Waals surface area contributed by atoms with Crippen LogP contribution in [0.15, 0.2) is 12.2 Å². The van der Waals surface area contributed by atoms with E-state index in [2.05, 4.69) is 24.4 Å². The third kappa shape index (κ3) is 16.6. The molecule has 0 bridgehead atoms. The molecular weight excluding hydrogens is 322 g/mol. The van der Waals surface area contributed by atoms with E-state index in [0.717, 1.165) is 12.8 Å². The summed E-state index contributed by atoms with van der Waals surface area (Å²) in [5.74, 6) is 0.0963. The van der Waals surface area contributed by atoms with Crippen molar-refractivity contribution in [2.75, 3.05) is 6.54 Å². The molecule has 0 radical (unpaired) electrons. The third-order valence-electron chi connectivity index (χ3n) is 4.97.